The molecular formula is C19H25ClN6O2S. The number of hydrogen-bond acceptors (Lipinski definition) is 6. The Balaban J connectivity index is 1.81. The van der Waals surface area contributed by atoms with Crippen molar-refractivity contribution in [3.05, 3.63) is 35.7 Å². The van der Waals surface area contributed by atoms with Crippen LogP contribution in [0.1, 0.15) is 27.7 Å². The van der Waals surface area contributed by atoms with Crippen LogP contribution in [-0.4, -0.2) is 52.6 Å². The number of anilines is 1. The highest BCUT2D eigenvalue weighted by Crippen LogP contribution is 2.26. The molecule has 0 saturated heterocycles. The van der Waals surface area contributed by atoms with Gasteiger partial charge in [0.1, 0.15) is 12.1 Å². The molecule has 0 amide bonds. The Morgan fingerprint density at radius 3 is 2.62 bits per heavy atom. The van der Waals surface area contributed by atoms with Crippen LogP contribution in [0.2, 0.25) is 5.02 Å². The van der Waals surface area contributed by atoms with E-state index in [2.05, 4.69) is 52.4 Å². The van der Waals surface area contributed by atoms with E-state index in [1.807, 2.05) is 4.68 Å². The molecule has 0 bridgehead atoms. The van der Waals surface area contributed by atoms with Crippen molar-refractivity contribution in [1.82, 2.24) is 24.6 Å². The van der Waals surface area contributed by atoms with Crippen molar-refractivity contribution < 1.29 is 9.32 Å². The van der Waals surface area contributed by atoms with Gasteiger partial charge in [0, 0.05) is 18.6 Å². The largest absolute Gasteiger partial charge is 0.508 e. The summed E-state index contributed by atoms with van der Waals surface area (Å²) in [5, 5.41) is 14.8. The second kappa shape index (κ2) is 9.06. The first-order chi connectivity index (χ1) is 13.8. The average molecular weight is 437 g/mol. The zero-order valence-electron chi connectivity index (χ0n) is 16.8. The standard InChI is InChI=1S/C19H25ClN6O2S/c1-12(2)25(13(3)4)7-8-26-19-15(10-23-26)18(21-11-22-19)24-29(28)17-6-5-14(27)9-16(17)20/h5-6,9-13,27H,7-8H2,1-4H3,(H,21,22,24). The van der Waals surface area contributed by atoms with E-state index in [1.165, 1.54) is 24.5 Å². The van der Waals surface area contributed by atoms with Gasteiger partial charge in [-0.25, -0.2) is 18.9 Å². The zero-order chi connectivity index (χ0) is 21.1. The molecule has 0 radical (unpaired) electrons. The molecule has 0 aliphatic heterocycles. The minimum Gasteiger partial charge on any atom is -0.508 e. The lowest BCUT2D eigenvalue weighted by molar-refractivity contribution is 0.167. The van der Waals surface area contributed by atoms with Crippen molar-refractivity contribution in [2.75, 3.05) is 11.3 Å². The minimum absolute atomic E-state index is 0.0123. The number of aromatic nitrogens is 4. The summed E-state index contributed by atoms with van der Waals surface area (Å²) in [4.78, 5) is 11.3. The summed E-state index contributed by atoms with van der Waals surface area (Å²) >= 11 is 6.09. The number of hydrogen-bond donors (Lipinski definition) is 2. The lowest BCUT2D eigenvalue weighted by Gasteiger charge is -2.30. The third kappa shape index (κ3) is 4.85. The summed E-state index contributed by atoms with van der Waals surface area (Å²) < 4.78 is 17.4. The van der Waals surface area contributed by atoms with E-state index in [-0.39, 0.29) is 10.8 Å². The number of phenols is 1. The first-order valence-corrected chi connectivity index (χ1v) is 10.9. The molecule has 2 heterocycles. The quantitative estimate of drug-likeness (QED) is 0.561. The fourth-order valence-corrected chi connectivity index (χ4v) is 4.50. The minimum atomic E-state index is -1.65. The molecule has 0 saturated carbocycles. The molecule has 156 valence electrons. The van der Waals surface area contributed by atoms with Crippen LogP contribution in [0.15, 0.2) is 35.6 Å². The normalized spacial score (nSPS) is 13.0. The summed E-state index contributed by atoms with van der Waals surface area (Å²) in [6, 6.07) is 5.15. The van der Waals surface area contributed by atoms with E-state index in [0.717, 1.165) is 6.54 Å². The summed E-state index contributed by atoms with van der Waals surface area (Å²) in [6.45, 7) is 10.2. The number of rotatable bonds is 8. The smallest absolute Gasteiger partial charge is 0.163 e. The van der Waals surface area contributed by atoms with E-state index in [4.69, 9.17) is 11.6 Å². The summed E-state index contributed by atoms with van der Waals surface area (Å²) in [6.07, 6.45) is 3.09. The zero-order valence-corrected chi connectivity index (χ0v) is 18.4. The molecule has 1 unspecified atom stereocenters. The Morgan fingerprint density at radius 1 is 1.24 bits per heavy atom. The van der Waals surface area contributed by atoms with Gasteiger partial charge < -0.3 is 5.11 Å². The van der Waals surface area contributed by atoms with E-state index in [1.54, 1.807) is 6.20 Å². The van der Waals surface area contributed by atoms with Gasteiger partial charge in [-0.05, 0) is 45.9 Å². The van der Waals surface area contributed by atoms with Gasteiger partial charge >= 0.3 is 0 Å². The Labute approximate surface area is 177 Å². The van der Waals surface area contributed by atoms with Gasteiger partial charge in [0.2, 0.25) is 0 Å². The van der Waals surface area contributed by atoms with Crippen molar-refractivity contribution in [1.29, 1.82) is 0 Å². The lowest BCUT2D eigenvalue weighted by Crippen LogP contribution is -2.39. The van der Waals surface area contributed by atoms with Crippen LogP contribution in [0.4, 0.5) is 5.82 Å². The van der Waals surface area contributed by atoms with Crippen molar-refractivity contribution in [3.63, 3.8) is 0 Å². The van der Waals surface area contributed by atoms with Gasteiger partial charge in [-0.1, -0.05) is 11.6 Å². The van der Waals surface area contributed by atoms with Gasteiger partial charge in [0.15, 0.2) is 22.5 Å². The second-order valence-electron chi connectivity index (χ2n) is 7.24. The summed E-state index contributed by atoms with van der Waals surface area (Å²) in [7, 11) is -1.65. The molecule has 2 aromatic heterocycles. The second-order valence-corrected chi connectivity index (χ2v) is 8.83. The molecule has 1 atom stereocenters. The van der Waals surface area contributed by atoms with E-state index >= 15 is 0 Å². The first kappa shape index (κ1) is 21.5. The fourth-order valence-electron chi connectivity index (χ4n) is 3.24. The maximum absolute atomic E-state index is 12.7. The number of aromatic hydroxyl groups is 1. The molecule has 0 aliphatic rings. The van der Waals surface area contributed by atoms with Crippen LogP contribution in [0.3, 0.4) is 0 Å². The summed E-state index contributed by atoms with van der Waals surface area (Å²) in [5.74, 6) is 0.423. The molecule has 10 heteroatoms. The van der Waals surface area contributed by atoms with Crippen LogP contribution >= 0.6 is 11.6 Å². The van der Waals surface area contributed by atoms with E-state index in [0.29, 0.717) is 40.4 Å². The van der Waals surface area contributed by atoms with E-state index < -0.39 is 11.0 Å². The van der Waals surface area contributed by atoms with Crippen molar-refractivity contribution in [3.8, 4) is 5.75 Å². The maximum atomic E-state index is 12.7. The van der Waals surface area contributed by atoms with Gasteiger partial charge in [0.05, 0.1) is 28.0 Å². The molecule has 3 aromatic rings. The lowest BCUT2D eigenvalue weighted by atomic mass is 10.2. The molecule has 0 fully saturated rings. The highest BCUT2D eigenvalue weighted by Gasteiger charge is 2.17. The Bertz CT molecular complexity index is 1020. The van der Waals surface area contributed by atoms with Gasteiger partial charge in [-0.3, -0.25) is 9.62 Å². The molecular weight excluding hydrogens is 412 g/mol. The predicted molar refractivity (Wildman–Crippen MR) is 115 cm³/mol. The van der Waals surface area contributed by atoms with Crippen LogP contribution in [-0.2, 0) is 17.5 Å². The molecule has 2 N–H and O–H groups in total. The third-order valence-corrected chi connectivity index (χ3v) is 6.19. The number of nitrogens with zero attached hydrogens (tertiary/aromatic N) is 5. The molecule has 29 heavy (non-hydrogen) atoms. The Morgan fingerprint density at radius 2 is 1.97 bits per heavy atom. The highest BCUT2D eigenvalue weighted by atomic mass is 35.5. The van der Waals surface area contributed by atoms with Crippen LogP contribution in [0.5, 0.6) is 5.75 Å². The monoisotopic (exact) mass is 436 g/mol. The first-order valence-electron chi connectivity index (χ1n) is 9.37. The number of nitrogens with one attached hydrogen (secondary N) is 1. The van der Waals surface area contributed by atoms with Gasteiger partial charge in [0.25, 0.3) is 0 Å². The molecule has 1 aromatic carbocycles. The molecule has 0 spiro atoms. The molecule has 3 rings (SSSR count). The van der Waals surface area contributed by atoms with Gasteiger partial charge in [-0.15, -0.1) is 0 Å². The number of phenolic OH excluding ortho intramolecular Hbond substituents is 1. The SMILES string of the molecule is CC(C)N(CCn1ncc2c(NS(=O)c3ccc(O)cc3Cl)ncnc21)C(C)C. The van der Waals surface area contributed by atoms with E-state index in [9.17, 15) is 9.32 Å². The van der Waals surface area contributed by atoms with Crippen LogP contribution < -0.4 is 4.72 Å². The van der Waals surface area contributed by atoms with Crippen molar-refractivity contribution >= 4 is 39.4 Å². The van der Waals surface area contributed by atoms with Crippen LogP contribution in [0, 0.1) is 0 Å². The third-order valence-electron chi connectivity index (χ3n) is 4.63. The highest BCUT2D eigenvalue weighted by molar-refractivity contribution is 7.86. The van der Waals surface area contributed by atoms with Gasteiger partial charge in [-0.2, -0.15) is 5.10 Å². The number of halogens is 1. The fraction of sp³-hybridized carbons (Fsp3) is 0.421. The Hall–Kier alpha value is -2.23. The number of fused-ring (bicyclic) bond motifs is 1. The predicted octanol–water partition coefficient (Wildman–Crippen LogP) is 3.44. The average Bonchev–Trinajstić information content (AvgIpc) is 3.05. The van der Waals surface area contributed by atoms with Crippen LogP contribution in [0.25, 0.3) is 11.0 Å². The number of benzene rings is 1. The topological polar surface area (TPSA) is 96.2 Å². The molecule has 8 nitrogen and oxygen atoms in total. The maximum Gasteiger partial charge on any atom is 0.163 e. The van der Waals surface area contributed by atoms with Crippen molar-refractivity contribution in [2.45, 2.75) is 51.2 Å². The summed E-state index contributed by atoms with van der Waals surface area (Å²) in [5.41, 5.74) is 0.670. The Kier molecular flexibility index (Phi) is 6.71. The molecule has 0 aliphatic carbocycles. The van der Waals surface area contributed by atoms with Crippen molar-refractivity contribution in [2.24, 2.45) is 0 Å².